The Kier molecular flexibility index (Phi) is 5.68. The number of thiazole rings is 1. The number of sulfonamides is 1. The number of carbonyl (C=O) groups excluding carboxylic acids is 1. The normalized spacial score (nSPS) is 11.4. The minimum absolute atomic E-state index is 0.116. The van der Waals surface area contributed by atoms with Crippen molar-refractivity contribution in [2.45, 2.75) is 11.8 Å². The highest BCUT2D eigenvalue weighted by Crippen LogP contribution is 2.19. The fraction of sp³-hybridized carbons (Fsp3) is 0.0526. The van der Waals surface area contributed by atoms with Crippen LogP contribution < -0.4 is 10.0 Å². The number of hydrogen-bond donors (Lipinski definition) is 2. The number of rotatable bonds is 7. The van der Waals surface area contributed by atoms with Gasteiger partial charge >= 0.3 is 0 Å². The van der Waals surface area contributed by atoms with Gasteiger partial charge in [-0.3, -0.25) is 9.52 Å². The van der Waals surface area contributed by atoms with Gasteiger partial charge in [0.2, 0.25) is 0 Å². The Morgan fingerprint density at radius 1 is 1.07 bits per heavy atom. The van der Waals surface area contributed by atoms with Crippen molar-refractivity contribution in [2.75, 3.05) is 10.0 Å². The minimum Gasteiger partial charge on any atom is -0.362 e. The highest BCUT2D eigenvalue weighted by molar-refractivity contribution is 7.93. The summed E-state index contributed by atoms with van der Waals surface area (Å²) in [5, 5.41) is 4.96. The second kappa shape index (κ2) is 8.15. The van der Waals surface area contributed by atoms with E-state index in [2.05, 4.69) is 15.0 Å². The van der Waals surface area contributed by atoms with Crippen LogP contribution in [-0.4, -0.2) is 19.2 Å². The highest BCUT2D eigenvalue weighted by atomic mass is 32.2. The largest absolute Gasteiger partial charge is 0.362 e. The molecule has 8 heteroatoms. The number of nitrogens with one attached hydrogen (secondary N) is 2. The van der Waals surface area contributed by atoms with Crippen molar-refractivity contribution >= 4 is 38.0 Å². The van der Waals surface area contributed by atoms with Crippen LogP contribution in [0.25, 0.3) is 0 Å². The van der Waals surface area contributed by atoms with Crippen molar-refractivity contribution in [3.05, 3.63) is 83.5 Å². The Morgan fingerprint density at radius 3 is 2.41 bits per heavy atom. The first kappa shape index (κ1) is 18.8. The molecule has 0 aliphatic heterocycles. The average molecular weight is 399 g/mol. The van der Waals surface area contributed by atoms with Gasteiger partial charge in [-0.05, 0) is 31.2 Å². The maximum atomic E-state index is 12.3. The summed E-state index contributed by atoms with van der Waals surface area (Å²) in [6, 6.07) is 13.5. The molecule has 138 valence electrons. The number of aromatic nitrogens is 1. The first-order valence-electron chi connectivity index (χ1n) is 8.00. The number of carbonyl (C=O) groups is 1. The molecule has 6 nitrogen and oxygen atoms in total. The molecule has 0 saturated heterocycles. The van der Waals surface area contributed by atoms with E-state index in [-0.39, 0.29) is 10.7 Å². The number of aryl methyl sites for hydroxylation is 1. The standard InChI is InChI=1S/C19H17N3O3S2/c1-14-2-4-15(5-3-14)18(23)10-11-20-16-6-8-17(9-7-16)27(24,25)22-19-21-12-13-26-19/h2-13,20H,1H3,(H,21,22)/b11-10+. The van der Waals surface area contributed by atoms with E-state index in [1.807, 2.05) is 19.1 Å². The number of benzene rings is 2. The molecule has 0 fully saturated rings. The van der Waals surface area contributed by atoms with Crippen molar-refractivity contribution < 1.29 is 13.2 Å². The minimum atomic E-state index is -3.68. The topological polar surface area (TPSA) is 88.2 Å². The Morgan fingerprint density at radius 2 is 1.78 bits per heavy atom. The van der Waals surface area contributed by atoms with E-state index in [0.29, 0.717) is 16.4 Å². The van der Waals surface area contributed by atoms with E-state index >= 15 is 0 Å². The zero-order valence-corrected chi connectivity index (χ0v) is 16.0. The molecule has 2 N–H and O–H groups in total. The van der Waals surface area contributed by atoms with Crippen molar-refractivity contribution in [1.82, 2.24) is 4.98 Å². The van der Waals surface area contributed by atoms with Gasteiger partial charge < -0.3 is 5.32 Å². The lowest BCUT2D eigenvalue weighted by Gasteiger charge is -2.06. The van der Waals surface area contributed by atoms with Crippen molar-refractivity contribution in [2.24, 2.45) is 0 Å². The highest BCUT2D eigenvalue weighted by Gasteiger charge is 2.15. The quantitative estimate of drug-likeness (QED) is 0.462. The zero-order valence-electron chi connectivity index (χ0n) is 14.4. The molecule has 3 rings (SSSR count). The molecule has 0 bridgehead atoms. The molecule has 0 aliphatic carbocycles. The van der Waals surface area contributed by atoms with E-state index in [9.17, 15) is 13.2 Å². The zero-order chi connectivity index (χ0) is 19.3. The van der Waals surface area contributed by atoms with Crippen LogP contribution in [-0.2, 0) is 10.0 Å². The molecule has 0 atom stereocenters. The molecule has 0 aliphatic rings. The second-order valence-electron chi connectivity index (χ2n) is 5.68. The van der Waals surface area contributed by atoms with Crippen molar-refractivity contribution in [3.63, 3.8) is 0 Å². The predicted octanol–water partition coefficient (Wildman–Crippen LogP) is 4.06. The molecule has 1 aromatic heterocycles. The summed E-state index contributed by atoms with van der Waals surface area (Å²) in [5.41, 5.74) is 2.36. The molecule has 3 aromatic rings. The molecular weight excluding hydrogens is 382 g/mol. The van der Waals surface area contributed by atoms with Crippen LogP contribution in [0.5, 0.6) is 0 Å². The van der Waals surface area contributed by atoms with Gasteiger partial charge in [-0.1, -0.05) is 29.8 Å². The van der Waals surface area contributed by atoms with Gasteiger partial charge in [0.25, 0.3) is 10.0 Å². The molecule has 2 aromatic carbocycles. The lowest BCUT2D eigenvalue weighted by molar-refractivity contribution is 0.104. The fourth-order valence-electron chi connectivity index (χ4n) is 2.21. The lowest BCUT2D eigenvalue weighted by Crippen LogP contribution is -2.12. The molecular formula is C19H17N3O3S2. The van der Waals surface area contributed by atoms with Gasteiger partial charge in [0, 0.05) is 35.1 Å². The van der Waals surface area contributed by atoms with Crippen LogP contribution in [0.1, 0.15) is 15.9 Å². The molecule has 0 saturated carbocycles. The second-order valence-corrected chi connectivity index (χ2v) is 8.25. The van der Waals surface area contributed by atoms with Gasteiger partial charge in [-0.15, -0.1) is 11.3 Å². The van der Waals surface area contributed by atoms with Crippen molar-refractivity contribution in [1.29, 1.82) is 0 Å². The van der Waals surface area contributed by atoms with Crippen LogP contribution in [0.15, 0.2) is 77.3 Å². The summed E-state index contributed by atoms with van der Waals surface area (Å²) in [6.07, 6.45) is 4.48. The molecule has 0 spiro atoms. The summed E-state index contributed by atoms with van der Waals surface area (Å²) >= 11 is 1.21. The van der Waals surface area contributed by atoms with Crippen molar-refractivity contribution in [3.8, 4) is 0 Å². The van der Waals surface area contributed by atoms with Crippen LogP contribution in [0, 0.1) is 6.92 Å². The van der Waals surface area contributed by atoms with Gasteiger partial charge in [0.15, 0.2) is 10.9 Å². The van der Waals surface area contributed by atoms with Crippen LogP contribution in [0.4, 0.5) is 10.8 Å². The van der Waals surface area contributed by atoms with E-state index in [1.165, 1.54) is 41.9 Å². The summed E-state index contributed by atoms with van der Waals surface area (Å²) in [4.78, 5) is 16.1. The number of nitrogens with zero attached hydrogens (tertiary/aromatic N) is 1. The first-order chi connectivity index (χ1) is 12.9. The number of anilines is 2. The number of ketones is 1. The van der Waals surface area contributed by atoms with E-state index in [4.69, 9.17) is 0 Å². The SMILES string of the molecule is Cc1ccc(C(=O)/C=C/Nc2ccc(S(=O)(=O)Nc3nccs3)cc2)cc1. The number of allylic oxidation sites excluding steroid dienone is 1. The molecule has 1 heterocycles. The monoisotopic (exact) mass is 399 g/mol. The Bertz CT molecular complexity index is 1040. The fourth-order valence-corrected chi connectivity index (χ4v) is 3.99. The Hall–Kier alpha value is -2.97. The molecule has 27 heavy (non-hydrogen) atoms. The van der Waals surface area contributed by atoms with Crippen LogP contribution in [0.3, 0.4) is 0 Å². The third-order valence-electron chi connectivity index (χ3n) is 3.64. The van der Waals surface area contributed by atoms with Crippen LogP contribution >= 0.6 is 11.3 Å². The van der Waals surface area contributed by atoms with E-state index < -0.39 is 10.0 Å². The first-order valence-corrected chi connectivity index (χ1v) is 10.4. The van der Waals surface area contributed by atoms with Gasteiger partial charge in [0.1, 0.15) is 0 Å². The lowest BCUT2D eigenvalue weighted by atomic mass is 10.1. The maximum absolute atomic E-state index is 12.3. The average Bonchev–Trinajstić information content (AvgIpc) is 3.15. The van der Waals surface area contributed by atoms with E-state index in [1.54, 1.807) is 29.6 Å². The third kappa shape index (κ3) is 5.02. The summed E-state index contributed by atoms with van der Waals surface area (Å²) in [5.74, 6) is -0.116. The summed E-state index contributed by atoms with van der Waals surface area (Å²) in [7, 11) is -3.68. The Balaban J connectivity index is 1.62. The van der Waals surface area contributed by atoms with Gasteiger partial charge in [0.05, 0.1) is 4.90 Å². The van der Waals surface area contributed by atoms with Gasteiger partial charge in [-0.25, -0.2) is 13.4 Å². The van der Waals surface area contributed by atoms with E-state index in [0.717, 1.165) is 5.56 Å². The smallest absolute Gasteiger partial charge is 0.263 e. The molecule has 0 unspecified atom stereocenters. The van der Waals surface area contributed by atoms with Crippen LogP contribution in [0.2, 0.25) is 0 Å². The van der Waals surface area contributed by atoms with Gasteiger partial charge in [-0.2, -0.15) is 0 Å². The molecule has 0 amide bonds. The number of hydrogen-bond acceptors (Lipinski definition) is 6. The molecule has 0 radical (unpaired) electrons. The predicted molar refractivity (Wildman–Crippen MR) is 108 cm³/mol. The summed E-state index contributed by atoms with van der Waals surface area (Å²) in [6.45, 7) is 1.96. The Labute approximate surface area is 161 Å². The maximum Gasteiger partial charge on any atom is 0.263 e. The third-order valence-corrected chi connectivity index (χ3v) is 5.81. The summed E-state index contributed by atoms with van der Waals surface area (Å²) < 4.78 is 27.0.